The number of rotatable bonds is 3. The second kappa shape index (κ2) is 5.16. The zero-order chi connectivity index (χ0) is 14.0. The lowest BCUT2D eigenvalue weighted by Crippen LogP contribution is -2.00. The Balaban J connectivity index is 2.46. The number of nitro benzene ring substituents is 1. The third-order valence-corrected chi connectivity index (χ3v) is 3.01. The summed E-state index contributed by atoms with van der Waals surface area (Å²) in [5, 5.41) is 14.5. The highest BCUT2D eigenvalue weighted by atomic mass is 35.5. The predicted molar refractivity (Wildman–Crippen MR) is 77.0 cm³/mol. The molecule has 0 fully saturated rings. The van der Waals surface area contributed by atoms with Crippen LogP contribution in [0.4, 0.5) is 22.7 Å². The highest BCUT2D eigenvalue weighted by Crippen LogP contribution is 2.33. The zero-order valence-corrected chi connectivity index (χ0v) is 10.9. The Morgan fingerprint density at radius 1 is 1.26 bits per heavy atom. The van der Waals surface area contributed by atoms with E-state index in [-0.39, 0.29) is 5.69 Å². The molecule has 0 saturated carbocycles. The summed E-state index contributed by atoms with van der Waals surface area (Å²) in [5.41, 5.74) is 7.74. The van der Waals surface area contributed by atoms with Gasteiger partial charge >= 0.3 is 0 Å². The van der Waals surface area contributed by atoms with Crippen molar-refractivity contribution < 1.29 is 4.92 Å². The number of anilines is 3. The first-order chi connectivity index (χ1) is 8.99. The smallest absolute Gasteiger partial charge is 0.295 e. The largest absolute Gasteiger partial charge is 0.399 e. The highest BCUT2D eigenvalue weighted by Gasteiger charge is 2.17. The van der Waals surface area contributed by atoms with E-state index in [9.17, 15) is 10.1 Å². The Morgan fingerprint density at radius 2 is 2.00 bits per heavy atom. The normalized spacial score (nSPS) is 10.2. The third kappa shape index (κ3) is 2.77. The van der Waals surface area contributed by atoms with E-state index in [1.807, 2.05) is 0 Å². The molecule has 0 radical (unpaired) electrons. The number of nitro groups is 1. The van der Waals surface area contributed by atoms with Crippen LogP contribution in [0.5, 0.6) is 0 Å². The molecular formula is C13H12ClN3O2. The number of aryl methyl sites for hydroxylation is 1. The minimum absolute atomic E-state index is 0.0287. The molecule has 2 aromatic carbocycles. The maximum absolute atomic E-state index is 11.1. The van der Waals surface area contributed by atoms with Crippen LogP contribution < -0.4 is 11.1 Å². The summed E-state index contributed by atoms with van der Waals surface area (Å²) in [4.78, 5) is 10.7. The molecule has 98 valence electrons. The summed E-state index contributed by atoms with van der Waals surface area (Å²) in [5.74, 6) is 0. The number of benzene rings is 2. The van der Waals surface area contributed by atoms with Crippen LogP contribution in [-0.2, 0) is 0 Å². The van der Waals surface area contributed by atoms with E-state index in [0.717, 1.165) is 0 Å². The molecule has 0 spiro atoms. The van der Waals surface area contributed by atoms with Crippen molar-refractivity contribution >= 4 is 34.4 Å². The minimum Gasteiger partial charge on any atom is -0.399 e. The van der Waals surface area contributed by atoms with E-state index in [0.29, 0.717) is 27.6 Å². The number of nitrogens with two attached hydrogens (primary N) is 1. The fourth-order valence-corrected chi connectivity index (χ4v) is 1.95. The van der Waals surface area contributed by atoms with Crippen LogP contribution in [0.1, 0.15) is 5.56 Å². The van der Waals surface area contributed by atoms with E-state index in [1.165, 1.54) is 0 Å². The first-order valence-electron chi connectivity index (χ1n) is 5.55. The quantitative estimate of drug-likeness (QED) is 0.507. The Bertz CT molecular complexity index is 644. The molecule has 3 N–H and O–H groups in total. The molecule has 0 amide bonds. The summed E-state index contributed by atoms with van der Waals surface area (Å²) in [6, 6.07) is 9.99. The standard InChI is InChI=1S/C13H12ClN3O2/c1-8-3-2-4-11(13(8)17(18)19)16-12-7-9(15)5-6-10(12)14/h2-7,16H,15H2,1H3. The van der Waals surface area contributed by atoms with Gasteiger partial charge in [0.25, 0.3) is 5.69 Å². The fourth-order valence-electron chi connectivity index (χ4n) is 1.79. The van der Waals surface area contributed by atoms with E-state index in [1.54, 1.807) is 43.3 Å². The van der Waals surface area contributed by atoms with Gasteiger partial charge in [-0.3, -0.25) is 10.1 Å². The Hall–Kier alpha value is -2.27. The van der Waals surface area contributed by atoms with Crippen molar-refractivity contribution in [1.29, 1.82) is 0 Å². The van der Waals surface area contributed by atoms with E-state index < -0.39 is 4.92 Å². The zero-order valence-electron chi connectivity index (χ0n) is 10.2. The van der Waals surface area contributed by atoms with E-state index in [2.05, 4.69) is 5.32 Å². The van der Waals surface area contributed by atoms with Gasteiger partial charge in [-0.1, -0.05) is 23.7 Å². The lowest BCUT2D eigenvalue weighted by Gasteiger charge is -2.10. The van der Waals surface area contributed by atoms with Crippen molar-refractivity contribution in [3.05, 3.63) is 57.1 Å². The molecule has 0 aromatic heterocycles. The Labute approximate surface area is 115 Å². The molecule has 0 aliphatic heterocycles. The number of hydrogen-bond acceptors (Lipinski definition) is 4. The SMILES string of the molecule is Cc1cccc(Nc2cc(N)ccc2Cl)c1[N+](=O)[O-]. The number of nitrogen functional groups attached to an aromatic ring is 1. The van der Waals surface area contributed by atoms with Crippen molar-refractivity contribution in [2.45, 2.75) is 6.92 Å². The van der Waals surface area contributed by atoms with Crippen LogP contribution in [0.3, 0.4) is 0 Å². The maximum Gasteiger partial charge on any atom is 0.295 e. The second-order valence-electron chi connectivity index (χ2n) is 4.09. The molecule has 5 nitrogen and oxygen atoms in total. The van der Waals surface area contributed by atoms with Gasteiger partial charge in [0, 0.05) is 11.3 Å². The van der Waals surface area contributed by atoms with Gasteiger partial charge < -0.3 is 11.1 Å². The van der Waals surface area contributed by atoms with Crippen LogP contribution >= 0.6 is 11.6 Å². The van der Waals surface area contributed by atoms with Crippen LogP contribution in [0.15, 0.2) is 36.4 Å². The third-order valence-electron chi connectivity index (χ3n) is 2.68. The van der Waals surface area contributed by atoms with Crippen molar-refractivity contribution in [3.63, 3.8) is 0 Å². The lowest BCUT2D eigenvalue weighted by atomic mass is 10.1. The summed E-state index contributed by atoms with van der Waals surface area (Å²) >= 11 is 6.03. The van der Waals surface area contributed by atoms with Crippen LogP contribution in [0.2, 0.25) is 5.02 Å². The number of halogens is 1. The molecular weight excluding hydrogens is 266 g/mol. The molecule has 0 bridgehead atoms. The molecule has 0 heterocycles. The summed E-state index contributed by atoms with van der Waals surface area (Å²) in [7, 11) is 0. The first kappa shape index (κ1) is 13.2. The van der Waals surface area contributed by atoms with Gasteiger partial charge in [0.2, 0.25) is 0 Å². The van der Waals surface area contributed by atoms with Crippen molar-refractivity contribution in [2.75, 3.05) is 11.1 Å². The van der Waals surface area contributed by atoms with Crippen LogP contribution in [-0.4, -0.2) is 4.92 Å². The van der Waals surface area contributed by atoms with Gasteiger partial charge in [-0.2, -0.15) is 0 Å². The molecule has 6 heteroatoms. The van der Waals surface area contributed by atoms with Gasteiger partial charge in [-0.25, -0.2) is 0 Å². The Kier molecular flexibility index (Phi) is 3.57. The first-order valence-corrected chi connectivity index (χ1v) is 5.93. The molecule has 0 unspecified atom stereocenters. The molecule has 0 saturated heterocycles. The summed E-state index contributed by atoms with van der Waals surface area (Å²) in [6.07, 6.45) is 0. The molecule has 0 aliphatic carbocycles. The average Bonchev–Trinajstić information content (AvgIpc) is 2.33. The van der Waals surface area contributed by atoms with Gasteiger partial charge in [0.1, 0.15) is 5.69 Å². The van der Waals surface area contributed by atoms with Gasteiger partial charge in [0.05, 0.1) is 15.6 Å². The van der Waals surface area contributed by atoms with Gasteiger partial charge in [-0.05, 0) is 31.2 Å². The number of nitrogens with zero attached hydrogens (tertiary/aromatic N) is 1. The molecule has 2 aromatic rings. The van der Waals surface area contributed by atoms with Gasteiger partial charge in [-0.15, -0.1) is 0 Å². The van der Waals surface area contributed by atoms with Crippen LogP contribution in [0.25, 0.3) is 0 Å². The lowest BCUT2D eigenvalue weighted by molar-refractivity contribution is -0.384. The topological polar surface area (TPSA) is 81.2 Å². The molecule has 19 heavy (non-hydrogen) atoms. The van der Waals surface area contributed by atoms with E-state index >= 15 is 0 Å². The van der Waals surface area contributed by atoms with Crippen molar-refractivity contribution in [1.82, 2.24) is 0 Å². The predicted octanol–water partition coefficient (Wildman–Crippen LogP) is 3.88. The molecule has 2 rings (SSSR count). The minimum atomic E-state index is -0.419. The number of hydrogen-bond donors (Lipinski definition) is 2. The monoisotopic (exact) mass is 277 g/mol. The summed E-state index contributed by atoms with van der Waals surface area (Å²) < 4.78 is 0. The number of nitrogens with one attached hydrogen (secondary N) is 1. The van der Waals surface area contributed by atoms with E-state index in [4.69, 9.17) is 17.3 Å². The number of para-hydroxylation sites is 1. The van der Waals surface area contributed by atoms with Crippen molar-refractivity contribution in [3.8, 4) is 0 Å². The van der Waals surface area contributed by atoms with Gasteiger partial charge in [0.15, 0.2) is 0 Å². The second-order valence-corrected chi connectivity index (χ2v) is 4.50. The molecule has 0 aliphatic rings. The summed E-state index contributed by atoms with van der Waals surface area (Å²) in [6.45, 7) is 1.68. The highest BCUT2D eigenvalue weighted by molar-refractivity contribution is 6.33. The fraction of sp³-hybridized carbons (Fsp3) is 0.0769. The van der Waals surface area contributed by atoms with Crippen molar-refractivity contribution in [2.24, 2.45) is 0 Å². The maximum atomic E-state index is 11.1. The van der Waals surface area contributed by atoms with Crippen LogP contribution in [0, 0.1) is 17.0 Å². The molecule has 0 atom stereocenters. The average molecular weight is 278 g/mol. The Morgan fingerprint density at radius 3 is 2.68 bits per heavy atom.